The Morgan fingerprint density at radius 3 is 2.75 bits per heavy atom. The minimum absolute atomic E-state index is 0.0625. The van der Waals surface area contributed by atoms with Crippen LogP contribution >= 0.6 is 0 Å². The van der Waals surface area contributed by atoms with Crippen molar-refractivity contribution in [1.82, 2.24) is 5.32 Å². The van der Waals surface area contributed by atoms with E-state index in [2.05, 4.69) is 19.2 Å². The maximum absolute atomic E-state index is 12.4. The lowest BCUT2D eigenvalue weighted by Crippen LogP contribution is -2.43. The van der Waals surface area contributed by atoms with Gasteiger partial charge in [-0.25, -0.2) is 0 Å². The van der Waals surface area contributed by atoms with Gasteiger partial charge in [0.15, 0.2) is 0 Å². The zero-order chi connectivity index (χ0) is 14.4. The molecule has 0 amide bonds. The van der Waals surface area contributed by atoms with Gasteiger partial charge in [-0.3, -0.25) is 4.79 Å². The Balaban J connectivity index is 1.75. The van der Waals surface area contributed by atoms with Crippen molar-refractivity contribution in [2.75, 3.05) is 13.2 Å². The van der Waals surface area contributed by atoms with Crippen LogP contribution in [0.5, 0.6) is 0 Å². The summed E-state index contributed by atoms with van der Waals surface area (Å²) in [6, 6.07) is 0.513. The molecule has 0 radical (unpaired) electrons. The first-order valence-electron chi connectivity index (χ1n) is 8.51. The maximum atomic E-state index is 12.4. The van der Waals surface area contributed by atoms with E-state index < -0.39 is 0 Å². The summed E-state index contributed by atoms with van der Waals surface area (Å²) in [6.45, 7) is 6.04. The van der Waals surface area contributed by atoms with E-state index in [9.17, 15) is 4.79 Å². The highest BCUT2D eigenvalue weighted by molar-refractivity contribution is 5.81. The number of carbonyl (C=O) groups excluding carboxylic acids is 1. The van der Waals surface area contributed by atoms with Crippen LogP contribution in [0.1, 0.15) is 71.6 Å². The summed E-state index contributed by atoms with van der Waals surface area (Å²) in [5.41, 5.74) is 0.0625. The van der Waals surface area contributed by atoms with Gasteiger partial charge < -0.3 is 10.1 Å². The molecule has 0 aromatic rings. The van der Waals surface area contributed by atoms with E-state index >= 15 is 0 Å². The third-order valence-corrected chi connectivity index (χ3v) is 4.87. The van der Waals surface area contributed by atoms with Gasteiger partial charge >= 0.3 is 0 Å². The molecule has 2 rings (SSSR count). The number of rotatable bonds is 6. The number of ketones is 1. The maximum Gasteiger partial charge on any atom is 0.136 e. The van der Waals surface area contributed by atoms with E-state index in [1.807, 2.05) is 0 Å². The molecule has 1 aliphatic heterocycles. The molecule has 0 aromatic carbocycles. The number of carbonyl (C=O) groups is 1. The lowest BCUT2D eigenvalue weighted by Gasteiger charge is -2.43. The molecule has 2 aliphatic rings. The number of ether oxygens (including phenoxy) is 1. The molecule has 20 heavy (non-hydrogen) atoms. The van der Waals surface area contributed by atoms with E-state index in [1.165, 1.54) is 32.1 Å². The molecule has 1 spiro atoms. The molecule has 1 atom stereocenters. The van der Waals surface area contributed by atoms with Gasteiger partial charge in [-0.1, -0.05) is 33.1 Å². The molecule has 1 saturated carbocycles. The molecule has 3 heteroatoms. The average Bonchev–Trinajstić information content (AvgIpc) is 2.44. The minimum atomic E-state index is 0.0625. The van der Waals surface area contributed by atoms with Crippen molar-refractivity contribution in [3.8, 4) is 0 Å². The van der Waals surface area contributed by atoms with E-state index in [1.54, 1.807) is 0 Å². The van der Waals surface area contributed by atoms with Gasteiger partial charge in [0.05, 0.1) is 5.60 Å². The topological polar surface area (TPSA) is 38.3 Å². The highest BCUT2D eigenvalue weighted by Crippen LogP contribution is 2.41. The molecule has 0 aromatic heterocycles. The summed E-state index contributed by atoms with van der Waals surface area (Å²) in [7, 11) is 0. The van der Waals surface area contributed by atoms with E-state index in [4.69, 9.17) is 4.74 Å². The molecule has 1 N–H and O–H groups in total. The van der Waals surface area contributed by atoms with Gasteiger partial charge in [-0.05, 0) is 38.6 Å². The molecule has 2 fully saturated rings. The standard InChI is InChI=1S/C17H31NO2/c1-14(2)18-11-6-7-16(19)15-8-12-20-17(13-15)9-4-3-5-10-17/h14-15,18H,3-13H2,1-2H3. The number of hydrogen-bond donors (Lipinski definition) is 1. The smallest absolute Gasteiger partial charge is 0.136 e. The molecule has 1 unspecified atom stereocenters. The van der Waals surface area contributed by atoms with Crippen molar-refractivity contribution in [3.63, 3.8) is 0 Å². The Kier molecular flexibility index (Phi) is 6.03. The lowest BCUT2D eigenvalue weighted by molar-refractivity contribution is -0.143. The first-order valence-corrected chi connectivity index (χ1v) is 8.51. The molecule has 0 bridgehead atoms. The molecule has 1 saturated heterocycles. The number of hydrogen-bond acceptors (Lipinski definition) is 3. The first kappa shape index (κ1) is 16.0. The summed E-state index contributed by atoms with van der Waals surface area (Å²) in [4.78, 5) is 12.4. The van der Waals surface area contributed by atoms with E-state index in [-0.39, 0.29) is 11.5 Å². The van der Waals surface area contributed by atoms with Crippen LogP contribution in [0.2, 0.25) is 0 Å². The van der Waals surface area contributed by atoms with Crippen LogP contribution in [0.3, 0.4) is 0 Å². The van der Waals surface area contributed by atoms with Crippen LogP contribution in [0.25, 0.3) is 0 Å². The minimum Gasteiger partial charge on any atom is -0.375 e. The predicted octanol–water partition coefficient (Wildman–Crippen LogP) is 3.46. The van der Waals surface area contributed by atoms with Gasteiger partial charge in [0.25, 0.3) is 0 Å². The van der Waals surface area contributed by atoms with Crippen molar-refractivity contribution in [3.05, 3.63) is 0 Å². The summed E-state index contributed by atoms with van der Waals surface area (Å²) in [5, 5.41) is 3.38. The molecule has 116 valence electrons. The fourth-order valence-corrected chi connectivity index (χ4v) is 3.70. The zero-order valence-corrected chi connectivity index (χ0v) is 13.2. The molecular weight excluding hydrogens is 250 g/mol. The summed E-state index contributed by atoms with van der Waals surface area (Å²) in [6.07, 6.45) is 9.88. The van der Waals surface area contributed by atoms with Crippen LogP contribution < -0.4 is 5.32 Å². The molecule has 1 heterocycles. The second-order valence-corrected chi connectivity index (χ2v) is 6.96. The predicted molar refractivity (Wildman–Crippen MR) is 81.9 cm³/mol. The highest BCUT2D eigenvalue weighted by Gasteiger charge is 2.40. The Hall–Kier alpha value is -0.410. The SMILES string of the molecule is CC(C)NCCCC(=O)C1CCOC2(CCCCC2)C1. The van der Waals surface area contributed by atoms with Crippen molar-refractivity contribution >= 4 is 5.78 Å². The molecule has 3 nitrogen and oxygen atoms in total. The van der Waals surface area contributed by atoms with Gasteiger partial charge in [-0.15, -0.1) is 0 Å². The zero-order valence-electron chi connectivity index (χ0n) is 13.2. The van der Waals surface area contributed by atoms with Crippen molar-refractivity contribution in [2.24, 2.45) is 5.92 Å². The summed E-state index contributed by atoms with van der Waals surface area (Å²) < 4.78 is 6.08. The Labute approximate surface area is 123 Å². The fourth-order valence-electron chi connectivity index (χ4n) is 3.70. The quantitative estimate of drug-likeness (QED) is 0.758. The summed E-state index contributed by atoms with van der Waals surface area (Å²) >= 11 is 0. The second-order valence-electron chi connectivity index (χ2n) is 6.96. The van der Waals surface area contributed by atoms with Crippen molar-refractivity contribution in [2.45, 2.75) is 83.3 Å². The monoisotopic (exact) mass is 281 g/mol. The Bertz CT molecular complexity index is 303. The lowest BCUT2D eigenvalue weighted by atomic mass is 9.74. The van der Waals surface area contributed by atoms with Crippen LogP contribution in [0, 0.1) is 5.92 Å². The fraction of sp³-hybridized carbons (Fsp3) is 0.941. The van der Waals surface area contributed by atoms with E-state index in [0.717, 1.165) is 38.8 Å². The van der Waals surface area contributed by atoms with Gasteiger partial charge in [0.2, 0.25) is 0 Å². The third-order valence-electron chi connectivity index (χ3n) is 4.87. The largest absolute Gasteiger partial charge is 0.375 e. The highest BCUT2D eigenvalue weighted by atomic mass is 16.5. The average molecular weight is 281 g/mol. The van der Waals surface area contributed by atoms with E-state index in [0.29, 0.717) is 11.8 Å². The molecule has 1 aliphatic carbocycles. The van der Waals surface area contributed by atoms with Gasteiger partial charge in [0.1, 0.15) is 5.78 Å². The van der Waals surface area contributed by atoms with Crippen LogP contribution in [-0.4, -0.2) is 30.6 Å². The van der Waals surface area contributed by atoms with Gasteiger partial charge in [-0.2, -0.15) is 0 Å². The van der Waals surface area contributed by atoms with Crippen LogP contribution in [0.15, 0.2) is 0 Å². The number of Topliss-reactive ketones (excluding diaryl/α,β-unsaturated/α-hetero) is 1. The second kappa shape index (κ2) is 7.56. The van der Waals surface area contributed by atoms with Crippen molar-refractivity contribution < 1.29 is 9.53 Å². The summed E-state index contributed by atoms with van der Waals surface area (Å²) in [5.74, 6) is 0.740. The Morgan fingerprint density at radius 1 is 1.30 bits per heavy atom. The third kappa shape index (κ3) is 4.56. The van der Waals surface area contributed by atoms with Crippen LogP contribution in [0.4, 0.5) is 0 Å². The van der Waals surface area contributed by atoms with Crippen molar-refractivity contribution in [1.29, 1.82) is 0 Å². The Morgan fingerprint density at radius 2 is 2.05 bits per heavy atom. The first-order chi connectivity index (χ1) is 9.61. The van der Waals surface area contributed by atoms with Gasteiger partial charge in [0, 0.05) is 25.0 Å². The molecular formula is C17H31NO2. The number of nitrogens with one attached hydrogen (secondary N) is 1. The normalized spacial score (nSPS) is 26.1. The van der Waals surface area contributed by atoms with Crippen LogP contribution in [-0.2, 0) is 9.53 Å².